The molecular formula is C39H37ClN2O5. The van der Waals surface area contributed by atoms with Crippen LogP contribution in [0.15, 0.2) is 102 Å². The number of methoxy groups -OCH3 is 1. The van der Waals surface area contributed by atoms with Crippen molar-refractivity contribution in [1.82, 2.24) is 0 Å². The highest BCUT2D eigenvalue weighted by Crippen LogP contribution is 2.50. The molecule has 7 rings (SSSR count). The Bertz CT molecular complexity index is 1830. The Hall–Kier alpha value is -4.75. The molecule has 1 amide bonds. The molecule has 1 fully saturated rings. The Morgan fingerprint density at radius 2 is 1.64 bits per heavy atom. The number of hydrogen-bond acceptors (Lipinski definition) is 6. The highest BCUT2D eigenvalue weighted by Gasteiger charge is 2.45. The van der Waals surface area contributed by atoms with Crippen molar-refractivity contribution in [3.63, 3.8) is 0 Å². The molecule has 0 spiro atoms. The second-order valence-electron chi connectivity index (χ2n) is 12.3. The first-order chi connectivity index (χ1) is 22.9. The van der Waals surface area contributed by atoms with E-state index in [4.69, 9.17) is 25.8 Å². The Morgan fingerprint density at radius 1 is 0.894 bits per heavy atom. The van der Waals surface area contributed by atoms with Gasteiger partial charge in [-0.15, -0.1) is 0 Å². The third kappa shape index (κ3) is 6.32. The van der Waals surface area contributed by atoms with Crippen molar-refractivity contribution in [2.24, 2.45) is 5.92 Å². The van der Waals surface area contributed by atoms with E-state index < -0.39 is 6.04 Å². The maximum absolute atomic E-state index is 14.4. The first kappa shape index (κ1) is 30.9. The fraction of sp³-hybridized carbons (Fsp3) is 0.282. The summed E-state index contributed by atoms with van der Waals surface area (Å²) in [5, 5.41) is 4.29. The summed E-state index contributed by atoms with van der Waals surface area (Å²) in [5.41, 5.74) is 5.88. The summed E-state index contributed by atoms with van der Waals surface area (Å²) in [6.45, 7) is 2.69. The molecule has 1 N–H and O–H groups in total. The van der Waals surface area contributed by atoms with Crippen LogP contribution >= 0.6 is 11.6 Å². The molecule has 0 unspecified atom stereocenters. The molecule has 2 aliphatic carbocycles. The first-order valence-corrected chi connectivity index (χ1v) is 16.5. The third-order valence-electron chi connectivity index (χ3n) is 9.13. The number of carbonyl (C=O) groups excluding carboxylic acids is 2. The number of halogens is 1. The van der Waals surface area contributed by atoms with Gasteiger partial charge < -0.3 is 19.5 Å². The van der Waals surface area contributed by atoms with E-state index >= 15 is 0 Å². The zero-order valence-electron chi connectivity index (χ0n) is 26.5. The van der Waals surface area contributed by atoms with E-state index in [-0.39, 0.29) is 23.5 Å². The number of ketones is 1. The number of fused-ring (bicyclic) bond motifs is 1. The predicted molar refractivity (Wildman–Crippen MR) is 183 cm³/mol. The largest absolute Gasteiger partial charge is 0.497 e. The number of benzene rings is 4. The molecule has 0 bridgehead atoms. The lowest BCUT2D eigenvalue weighted by atomic mass is 9.78. The van der Waals surface area contributed by atoms with Crippen molar-refractivity contribution >= 4 is 34.7 Å². The van der Waals surface area contributed by atoms with Gasteiger partial charge in [0.2, 0.25) is 5.91 Å². The van der Waals surface area contributed by atoms with Crippen molar-refractivity contribution < 1.29 is 23.8 Å². The summed E-state index contributed by atoms with van der Waals surface area (Å²) >= 11 is 6.07. The summed E-state index contributed by atoms with van der Waals surface area (Å²) in [6, 6.07) is 28.4. The van der Waals surface area contributed by atoms with Crippen molar-refractivity contribution in [2.45, 2.75) is 51.2 Å². The fourth-order valence-electron chi connectivity index (χ4n) is 6.61. The van der Waals surface area contributed by atoms with Gasteiger partial charge in [-0.3, -0.25) is 14.5 Å². The van der Waals surface area contributed by atoms with Gasteiger partial charge in [-0.05, 0) is 97.3 Å². The van der Waals surface area contributed by atoms with Gasteiger partial charge in [-0.25, -0.2) is 0 Å². The highest BCUT2D eigenvalue weighted by atomic mass is 35.5. The Labute approximate surface area is 280 Å². The standard InChI is InChI=1S/C39H37ClN2O5/c1-3-46-36-22-27(14-19-35(36)47-23-24-8-15-29(40)16-9-24)38-37-32(20-28(21-34(37)43)25-12-17-30(45-2)18-13-25)41-31-6-4-5-7-33(31)42(38)39(44)26-10-11-26/h4-9,12-19,22,26,28,38,41H,3,10-11,20-21,23H2,1-2H3/t28-,38+/m0/s1. The third-order valence-corrected chi connectivity index (χ3v) is 9.38. The predicted octanol–water partition coefficient (Wildman–Crippen LogP) is 8.64. The zero-order chi connectivity index (χ0) is 32.5. The number of hydrogen-bond donors (Lipinski definition) is 1. The number of rotatable bonds is 9. The van der Waals surface area contributed by atoms with E-state index in [1.807, 2.05) is 103 Å². The molecule has 1 heterocycles. The van der Waals surface area contributed by atoms with E-state index in [0.29, 0.717) is 48.2 Å². The quantitative estimate of drug-likeness (QED) is 0.196. The maximum Gasteiger partial charge on any atom is 0.231 e. The second kappa shape index (κ2) is 13.2. The molecule has 0 aromatic heterocycles. The van der Waals surface area contributed by atoms with Crippen molar-refractivity contribution in [3.05, 3.63) is 124 Å². The second-order valence-corrected chi connectivity index (χ2v) is 12.7. The molecular weight excluding hydrogens is 612 g/mol. The molecule has 0 saturated heterocycles. The van der Waals surface area contributed by atoms with Crippen LogP contribution in [0, 0.1) is 5.92 Å². The van der Waals surface area contributed by atoms with Gasteiger partial charge in [-0.2, -0.15) is 0 Å². The smallest absolute Gasteiger partial charge is 0.231 e. The van der Waals surface area contributed by atoms with E-state index in [1.54, 1.807) is 7.11 Å². The van der Waals surface area contributed by atoms with Crippen LogP contribution in [0.3, 0.4) is 0 Å². The van der Waals surface area contributed by atoms with E-state index in [0.717, 1.165) is 52.4 Å². The monoisotopic (exact) mass is 648 g/mol. The van der Waals surface area contributed by atoms with E-state index in [2.05, 4.69) is 5.32 Å². The number of para-hydroxylation sites is 2. The van der Waals surface area contributed by atoms with Gasteiger partial charge in [0, 0.05) is 28.6 Å². The Kier molecular flexibility index (Phi) is 8.65. The molecule has 4 aromatic rings. The van der Waals surface area contributed by atoms with E-state index in [9.17, 15) is 9.59 Å². The van der Waals surface area contributed by atoms with Gasteiger partial charge in [0.1, 0.15) is 12.4 Å². The molecule has 47 heavy (non-hydrogen) atoms. The lowest BCUT2D eigenvalue weighted by Gasteiger charge is -2.35. The summed E-state index contributed by atoms with van der Waals surface area (Å²) in [4.78, 5) is 30.5. The normalized spacial score (nSPS) is 18.9. The van der Waals surface area contributed by atoms with Crippen molar-refractivity contribution in [2.75, 3.05) is 23.9 Å². The summed E-state index contributed by atoms with van der Waals surface area (Å²) in [6.07, 6.45) is 2.66. The van der Waals surface area contributed by atoms with Gasteiger partial charge in [0.25, 0.3) is 0 Å². The van der Waals surface area contributed by atoms with Gasteiger partial charge in [-0.1, -0.05) is 54.1 Å². The zero-order valence-corrected chi connectivity index (χ0v) is 27.3. The number of anilines is 2. The number of carbonyl (C=O) groups is 2. The average Bonchev–Trinajstić information content (AvgIpc) is 3.95. The summed E-state index contributed by atoms with van der Waals surface area (Å²) in [7, 11) is 1.65. The molecule has 2 atom stereocenters. The summed E-state index contributed by atoms with van der Waals surface area (Å²) in [5.74, 6) is 1.90. The van der Waals surface area contributed by atoms with Crippen LogP contribution < -0.4 is 24.4 Å². The minimum Gasteiger partial charge on any atom is -0.497 e. The van der Waals surface area contributed by atoms with Crippen LogP contribution in [0.25, 0.3) is 0 Å². The maximum atomic E-state index is 14.4. The first-order valence-electron chi connectivity index (χ1n) is 16.2. The van der Waals surface area contributed by atoms with Gasteiger partial charge in [0.05, 0.1) is 31.1 Å². The van der Waals surface area contributed by atoms with E-state index in [1.165, 1.54) is 0 Å². The molecule has 1 saturated carbocycles. The van der Waals surface area contributed by atoms with Gasteiger partial charge >= 0.3 is 0 Å². The minimum absolute atomic E-state index is 0.0132. The topological polar surface area (TPSA) is 77.1 Å². The minimum atomic E-state index is -0.636. The van der Waals surface area contributed by atoms with Crippen LogP contribution in [0.2, 0.25) is 5.02 Å². The molecule has 4 aromatic carbocycles. The van der Waals surface area contributed by atoms with Crippen LogP contribution in [0.5, 0.6) is 17.2 Å². The lowest BCUT2D eigenvalue weighted by molar-refractivity contribution is -0.120. The van der Waals surface area contributed by atoms with Gasteiger partial charge in [0.15, 0.2) is 17.3 Å². The molecule has 240 valence electrons. The molecule has 8 heteroatoms. The summed E-state index contributed by atoms with van der Waals surface area (Å²) < 4.78 is 17.7. The number of allylic oxidation sites excluding steroid dienone is 1. The van der Waals surface area contributed by atoms with Crippen LogP contribution in [-0.2, 0) is 16.2 Å². The van der Waals surface area contributed by atoms with Crippen molar-refractivity contribution in [3.8, 4) is 17.2 Å². The van der Waals surface area contributed by atoms with Crippen LogP contribution in [0.1, 0.15) is 61.3 Å². The molecule has 7 nitrogen and oxygen atoms in total. The number of nitrogens with one attached hydrogen (secondary N) is 1. The molecule has 0 radical (unpaired) electrons. The highest BCUT2D eigenvalue weighted by molar-refractivity contribution is 6.30. The number of Topliss-reactive ketones (excluding diaryl/α,β-unsaturated/α-hetero) is 1. The molecule has 3 aliphatic rings. The fourth-order valence-corrected chi connectivity index (χ4v) is 6.74. The Morgan fingerprint density at radius 3 is 2.36 bits per heavy atom. The number of nitrogens with zero attached hydrogens (tertiary/aromatic N) is 1. The SMILES string of the molecule is CCOc1cc([C@@H]2C3=C(C[C@H](c4ccc(OC)cc4)CC3=O)Nc3ccccc3N2C(=O)C2CC2)ccc1OCc1ccc(Cl)cc1. The Balaban J connectivity index is 1.32. The number of ether oxygens (including phenoxy) is 3. The van der Waals surface area contributed by atoms with Crippen LogP contribution in [0.4, 0.5) is 11.4 Å². The lowest BCUT2D eigenvalue weighted by Crippen LogP contribution is -2.39. The van der Waals surface area contributed by atoms with Crippen molar-refractivity contribution in [1.29, 1.82) is 0 Å². The molecule has 1 aliphatic heterocycles. The average molecular weight is 649 g/mol. The van der Waals surface area contributed by atoms with Crippen LogP contribution in [-0.4, -0.2) is 25.4 Å². The number of amides is 1.